The molecule has 92 valence electrons. The van der Waals surface area contributed by atoms with Crippen LogP contribution >= 0.6 is 0 Å². The Balaban J connectivity index is 2.08. The van der Waals surface area contributed by atoms with Crippen molar-refractivity contribution in [3.8, 4) is 12.3 Å². The Kier molecular flexibility index (Phi) is 3.10. The van der Waals surface area contributed by atoms with Crippen molar-refractivity contribution in [1.29, 1.82) is 0 Å². The largest absolute Gasteiger partial charge is 0.480 e. The average Bonchev–Trinajstić information content (AvgIpc) is 2.98. The molecule has 0 bridgehead atoms. The lowest BCUT2D eigenvalue weighted by Gasteiger charge is -2.39. The molecule has 4 nitrogen and oxygen atoms in total. The Morgan fingerprint density at radius 3 is 2.41 bits per heavy atom. The Labute approximate surface area is 101 Å². The van der Waals surface area contributed by atoms with Gasteiger partial charge in [0.2, 0.25) is 5.91 Å². The van der Waals surface area contributed by atoms with Gasteiger partial charge in [-0.2, -0.15) is 0 Å². The Hall–Kier alpha value is -1.50. The molecule has 0 heterocycles. The van der Waals surface area contributed by atoms with Gasteiger partial charge >= 0.3 is 5.97 Å². The van der Waals surface area contributed by atoms with Crippen LogP contribution in [0.1, 0.15) is 32.1 Å². The first-order valence-electron chi connectivity index (χ1n) is 6.06. The third-order valence-electron chi connectivity index (χ3n) is 3.77. The molecule has 4 heteroatoms. The highest BCUT2D eigenvalue weighted by Gasteiger charge is 2.53. The predicted octanol–water partition coefficient (Wildman–Crippen LogP) is 1.11. The zero-order valence-electron chi connectivity index (χ0n) is 9.82. The van der Waals surface area contributed by atoms with Gasteiger partial charge < -0.3 is 10.0 Å². The number of rotatable bonds is 5. The van der Waals surface area contributed by atoms with Crippen LogP contribution in [0, 0.1) is 23.7 Å². The van der Waals surface area contributed by atoms with E-state index in [0.29, 0.717) is 25.3 Å². The number of amides is 1. The number of nitrogens with zero attached hydrogens (tertiary/aromatic N) is 1. The lowest BCUT2D eigenvalue weighted by Crippen LogP contribution is -2.53. The normalized spacial score (nSPS) is 21.1. The minimum absolute atomic E-state index is 0.227. The molecule has 2 saturated carbocycles. The summed E-state index contributed by atoms with van der Waals surface area (Å²) in [4.78, 5) is 25.1. The molecule has 0 aromatic rings. The first-order valence-corrected chi connectivity index (χ1v) is 6.06. The van der Waals surface area contributed by atoms with E-state index in [4.69, 9.17) is 6.42 Å². The number of hydrogen-bond acceptors (Lipinski definition) is 2. The summed E-state index contributed by atoms with van der Waals surface area (Å²) in [5.74, 6) is 1.71. The lowest BCUT2D eigenvalue weighted by molar-refractivity contribution is -0.167. The van der Waals surface area contributed by atoms with Crippen molar-refractivity contribution in [3.05, 3.63) is 0 Å². The third-order valence-corrected chi connectivity index (χ3v) is 3.77. The second kappa shape index (κ2) is 4.40. The summed E-state index contributed by atoms with van der Waals surface area (Å²) in [6.07, 6.45) is 9.20. The molecule has 0 atom stereocenters. The molecule has 1 amide bonds. The molecule has 17 heavy (non-hydrogen) atoms. The zero-order chi connectivity index (χ0) is 12.5. The van der Waals surface area contributed by atoms with Gasteiger partial charge in [-0.05, 0) is 31.6 Å². The maximum Gasteiger partial charge on any atom is 0.319 e. The van der Waals surface area contributed by atoms with Crippen LogP contribution in [-0.4, -0.2) is 35.0 Å². The SMILES string of the molecule is C#CCN(CC1CC1)C(=O)C1(C(=O)O)CCC1. The monoisotopic (exact) mass is 235 g/mol. The number of terminal acetylenes is 1. The molecule has 0 aromatic carbocycles. The van der Waals surface area contributed by atoms with Gasteiger partial charge in [0.05, 0.1) is 6.54 Å². The summed E-state index contributed by atoms with van der Waals surface area (Å²) < 4.78 is 0. The van der Waals surface area contributed by atoms with Gasteiger partial charge in [0.15, 0.2) is 0 Å². The van der Waals surface area contributed by atoms with Crippen LogP contribution in [0.5, 0.6) is 0 Å². The molecule has 0 spiro atoms. The molecule has 0 aromatic heterocycles. The maximum atomic E-state index is 12.3. The minimum Gasteiger partial charge on any atom is -0.480 e. The molecular weight excluding hydrogens is 218 g/mol. The summed E-state index contributed by atoms with van der Waals surface area (Å²) in [5, 5.41) is 9.22. The van der Waals surface area contributed by atoms with Crippen molar-refractivity contribution in [1.82, 2.24) is 4.90 Å². The van der Waals surface area contributed by atoms with E-state index in [-0.39, 0.29) is 12.5 Å². The maximum absolute atomic E-state index is 12.3. The summed E-state index contributed by atoms with van der Waals surface area (Å²) in [7, 11) is 0. The molecule has 2 aliphatic rings. The first-order chi connectivity index (χ1) is 8.10. The van der Waals surface area contributed by atoms with E-state index < -0.39 is 11.4 Å². The topological polar surface area (TPSA) is 57.6 Å². The summed E-state index contributed by atoms with van der Waals surface area (Å²) >= 11 is 0. The van der Waals surface area contributed by atoms with Gasteiger partial charge in [0, 0.05) is 6.54 Å². The second-order valence-electron chi connectivity index (χ2n) is 5.07. The Morgan fingerprint density at radius 2 is 2.06 bits per heavy atom. The van der Waals surface area contributed by atoms with Gasteiger partial charge in [0.1, 0.15) is 5.41 Å². The number of aliphatic carboxylic acids is 1. The molecule has 0 radical (unpaired) electrons. The average molecular weight is 235 g/mol. The van der Waals surface area contributed by atoms with Crippen LogP contribution in [-0.2, 0) is 9.59 Å². The van der Waals surface area contributed by atoms with Crippen molar-refractivity contribution in [2.24, 2.45) is 11.3 Å². The lowest BCUT2D eigenvalue weighted by atomic mass is 9.67. The molecular formula is C13H17NO3. The van der Waals surface area contributed by atoms with E-state index in [0.717, 1.165) is 19.3 Å². The third kappa shape index (κ3) is 2.14. The zero-order valence-corrected chi connectivity index (χ0v) is 9.82. The van der Waals surface area contributed by atoms with E-state index in [1.54, 1.807) is 4.90 Å². The predicted molar refractivity (Wildman–Crippen MR) is 62.1 cm³/mol. The van der Waals surface area contributed by atoms with E-state index >= 15 is 0 Å². The van der Waals surface area contributed by atoms with Gasteiger partial charge in [-0.1, -0.05) is 12.3 Å². The highest BCUT2D eigenvalue weighted by molar-refractivity contribution is 6.02. The van der Waals surface area contributed by atoms with Crippen LogP contribution in [0.15, 0.2) is 0 Å². The van der Waals surface area contributed by atoms with E-state index in [1.165, 1.54) is 0 Å². The number of carbonyl (C=O) groups is 2. The standard InChI is InChI=1S/C13H17NO3/c1-2-8-14(9-10-4-5-10)11(15)13(12(16)17)6-3-7-13/h1,10H,3-9H2,(H,16,17). The molecule has 2 rings (SSSR count). The van der Waals surface area contributed by atoms with E-state index in [1.807, 2.05) is 0 Å². The molecule has 2 fully saturated rings. The van der Waals surface area contributed by atoms with Crippen LogP contribution in [0.25, 0.3) is 0 Å². The van der Waals surface area contributed by atoms with Crippen molar-refractivity contribution >= 4 is 11.9 Å². The van der Waals surface area contributed by atoms with Crippen LogP contribution in [0.2, 0.25) is 0 Å². The van der Waals surface area contributed by atoms with E-state index in [2.05, 4.69) is 5.92 Å². The smallest absolute Gasteiger partial charge is 0.319 e. The number of carboxylic acid groups (broad SMARTS) is 1. The highest BCUT2D eigenvalue weighted by atomic mass is 16.4. The quantitative estimate of drug-likeness (QED) is 0.573. The van der Waals surface area contributed by atoms with Gasteiger partial charge in [-0.25, -0.2) is 0 Å². The summed E-state index contributed by atoms with van der Waals surface area (Å²) in [5.41, 5.74) is -1.17. The molecule has 0 aliphatic heterocycles. The van der Waals surface area contributed by atoms with Gasteiger partial charge in [-0.3, -0.25) is 9.59 Å². The fourth-order valence-corrected chi connectivity index (χ4v) is 2.29. The molecule has 0 saturated heterocycles. The fourth-order valence-electron chi connectivity index (χ4n) is 2.29. The van der Waals surface area contributed by atoms with E-state index in [9.17, 15) is 14.7 Å². The molecule has 1 N–H and O–H groups in total. The van der Waals surface area contributed by atoms with Crippen LogP contribution < -0.4 is 0 Å². The molecule has 2 aliphatic carbocycles. The van der Waals surface area contributed by atoms with Crippen molar-refractivity contribution in [2.45, 2.75) is 32.1 Å². The van der Waals surface area contributed by atoms with Gasteiger partial charge in [0.25, 0.3) is 0 Å². The summed E-state index contributed by atoms with van der Waals surface area (Å²) in [6.45, 7) is 0.850. The highest BCUT2D eigenvalue weighted by Crippen LogP contribution is 2.43. The fraction of sp³-hybridized carbons (Fsp3) is 0.692. The number of hydrogen-bond donors (Lipinski definition) is 1. The first kappa shape index (κ1) is 12.0. The van der Waals surface area contributed by atoms with Crippen LogP contribution in [0.3, 0.4) is 0 Å². The minimum atomic E-state index is -1.17. The van der Waals surface area contributed by atoms with Crippen molar-refractivity contribution in [2.75, 3.05) is 13.1 Å². The number of carbonyl (C=O) groups excluding carboxylic acids is 1. The van der Waals surface area contributed by atoms with Crippen molar-refractivity contribution < 1.29 is 14.7 Å². The second-order valence-corrected chi connectivity index (χ2v) is 5.07. The Bertz CT molecular complexity index is 375. The number of carboxylic acids is 1. The Morgan fingerprint density at radius 1 is 1.41 bits per heavy atom. The molecule has 0 unspecified atom stereocenters. The van der Waals surface area contributed by atoms with Crippen LogP contribution in [0.4, 0.5) is 0 Å². The summed E-state index contributed by atoms with van der Waals surface area (Å²) in [6, 6.07) is 0. The van der Waals surface area contributed by atoms with Crippen molar-refractivity contribution in [3.63, 3.8) is 0 Å². The van der Waals surface area contributed by atoms with Gasteiger partial charge in [-0.15, -0.1) is 6.42 Å².